The van der Waals surface area contributed by atoms with Crippen LogP contribution in [0, 0.1) is 0 Å². The minimum atomic E-state index is -5.06. The number of para-hydroxylation sites is 2. The Morgan fingerprint density at radius 1 is 0.967 bits per heavy atom. The highest BCUT2D eigenvalue weighted by atomic mass is 32.3. The second kappa shape index (κ2) is 21.4. The Morgan fingerprint density at radius 2 is 1.63 bits per heavy atom. The lowest BCUT2D eigenvalue weighted by Gasteiger charge is -2.39. The van der Waals surface area contributed by atoms with Crippen LogP contribution < -0.4 is 18.4 Å². The number of alkyl carbamates (subject to hydrolysis) is 1. The van der Waals surface area contributed by atoms with Crippen molar-refractivity contribution in [2.24, 2.45) is 4.99 Å². The first kappa shape index (κ1) is 46.8. The van der Waals surface area contributed by atoms with Crippen LogP contribution in [-0.2, 0) is 35.8 Å². The predicted octanol–water partition coefficient (Wildman–Crippen LogP) is 3.92. The normalized spacial score (nSPS) is 20.5. The first-order chi connectivity index (χ1) is 28.5. The molecular formula is C42H49N3O14S. The summed E-state index contributed by atoms with van der Waals surface area (Å²) in [7, 11) is -3.89. The number of aliphatic imine (C=N–C) groups is 1. The molecule has 60 heavy (non-hydrogen) atoms. The highest BCUT2D eigenvalue weighted by molar-refractivity contribution is 7.82. The van der Waals surface area contributed by atoms with Crippen LogP contribution in [0.2, 0.25) is 0 Å². The summed E-state index contributed by atoms with van der Waals surface area (Å²) in [5, 5.41) is 43.2. The number of ether oxygens (including phenoxy) is 4. The Balaban J connectivity index is 1.82. The number of methoxy groups -OCH3 is 1. The van der Waals surface area contributed by atoms with E-state index in [4.69, 9.17) is 27.3 Å². The molecule has 17 nitrogen and oxygen atoms in total. The zero-order valence-electron chi connectivity index (χ0n) is 33.6. The number of hydrogen-bond donors (Lipinski definition) is 5. The van der Waals surface area contributed by atoms with Crippen LogP contribution >= 0.6 is 0 Å². The molecule has 5 N–H and O–H groups in total. The molecule has 1 fully saturated rings. The van der Waals surface area contributed by atoms with Crippen LogP contribution in [0.4, 0.5) is 4.79 Å². The molecule has 0 aliphatic carbocycles. The van der Waals surface area contributed by atoms with E-state index in [1.165, 1.54) is 37.6 Å². The summed E-state index contributed by atoms with van der Waals surface area (Å²) >= 11 is 0. The number of aliphatic hydroxyl groups is 4. The zero-order valence-corrected chi connectivity index (χ0v) is 34.4. The van der Waals surface area contributed by atoms with Crippen LogP contribution in [0.5, 0.6) is 17.2 Å². The van der Waals surface area contributed by atoms with Crippen molar-refractivity contribution in [3.05, 3.63) is 113 Å². The smallest absolute Gasteiger partial charge is 0.467 e. The topological polar surface area (TPSA) is 242 Å². The number of esters is 1. The fourth-order valence-corrected chi connectivity index (χ4v) is 6.38. The van der Waals surface area contributed by atoms with Gasteiger partial charge in [0.15, 0.2) is 17.2 Å². The summed E-state index contributed by atoms with van der Waals surface area (Å²) in [5.74, 6) is -1.67. The molecule has 1 saturated heterocycles. The highest BCUT2D eigenvalue weighted by Gasteiger charge is 2.45. The Hall–Kier alpha value is -5.89. The summed E-state index contributed by atoms with van der Waals surface area (Å²) in [4.78, 5) is 33.5. The number of hydrogen-bond acceptors (Lipinski definition) is 16. The summed E-state index contributed by atoms with van der Waals surface area (Å²) < 4.78 is 60.4. The van der Waals surface area contributed by atoms with Gasteiger partial charge in [0.2, 0.25) is 6.29 Å². The molecular weight excluding hydrogens is 803 g/mol. The van der Waals surface area contributed by atoms with E-state index in [9.17, 15) is 38.4 Å². The van der Waals surface area contributed by atoms with Gasteiger partial charge in [-0.05, 0) is 93.6 Å². The van der Waals surface area contributed by atoms with Crippen LogP contribution in [0.1, 0.15) is 49.9 Å². The van der Waals surface area contributed by atoms with Gasteiger partial charge >= 0.3 is 22.5 Å². The van der Waals surface area contributed by atoms with Gasteiger partial charge in [-0.1, -0.05) is 42.5 Å². The number of rotatable bonds is 17. The van der Waals surface area contributed by atoms with E-state index in [1.807, 2.05) is 0 Å². The van der Waals surface area contributed by atoms with Crippen LogP contribution in [0.3, 0.4) is 0 Å². The Kier molecular flexibility index (Phi) is 16.7. The summed E-state index contributed by atoms with van der Waals surface area (Å²) in [5.41, 5.74) is 1.27. The van der Waals surface area contributed by atoms with Gasteiger partial charge in [0.1, 0.15) is 36.1 Å². The molecule has 0 bridgehead atoms. The summed E-state index contributed by atoms with van der Waals surface area (Å²) in [6.45, 7) is 9.50. The summed E-state index contributed by atoms with van der Waals surface area (Å²) in [6, 6.07) is 10.7. The SMILES string of the molecule is C=N\C=C/C(=C\C)/C=C/c1cc(C[C@H](NC(=O)OC(C)(C)C)C(=O)OC)cc(/C=C/c2ccncc2)c1OS(=O)(=O)Oc1ccccc1OC1O[C@H](CO)[C@H](O)[C@H](O)[C@H]1O. The number of carbonyl (C=O) groups is 2. The quantitative estimate of drug-likeness (QED) is 0.0735. The van der Waals surface area contributed by atoms with Gasteiger partial charge < -0.3 is 53.1 Å². The van der Waals surface area contributed by atoms with E-state index in [0.717, 1.165) is 0 Å². The third-order valence-electron chi connectivity index (χ3n) is 8.46. The average molecular weight is 852 g/mol. The van der Waals surface area contributed by atoms with E-state index in [0.29, 0.717) is 16.7 Å². The minimum Gasteiger partial charge on any atom is -0.467 e. The van der Waals surface area contributed by atoms with Gasteiger partial charge in [0, 0.05) is 36.1 Å². The molecule has 2 heterocycles. The fourth-order valence-electron chi connectivity index (χ4n) is 5.59. The molecule has 322 valence electrons. The zero-order chi connectivity index (χ0) is 44.0. The molecule has 1 unspecified atom stereocenters. The number of pyridine rings is 1. The van der Waals surface area contributed by atoms with Crippen molar-refractivity contribution < 1.29 is 65.7 Å². The maximum absolute atomic E-state index is 13.9. The van der Waals surface area contributed by atoms with Gasteiger partial charge in [-0.2, -0.15) is 0 Å². The van der Waals surface area contributed by atoms with Gasteiger partial charge in [-0.25, -0.2) is 9.59 Å². The lowest BCUT2D eigenvalue weighted by molar-refractivity contribution is -0.277. The second-order valence-corrected chi connectivity index (χ2v) is 15.3. The number of aliphatic hydroxyl groups excluding tert-OH is 4. The number of carbonyl (C=O) groups excluding carboxylic acids is 2. The van der Waals surface area contributed by atoms with Crippen LogP contribution in [-0.4, -0.2) is 109 Å². The molecule has 18 heteroatoms. The molecule has 1 aliphatic rings. The third-order valence-corrected chi connectivity index (χ3v) is 9.22. The highest BCUT2D eigenvalue weighted by Crippen LogP contribution is 2.35. The van der Waals surface area contributed by atoms with Gasteiger partial charge in [-0.3, -0.25) is 9.98 Å². The lowest BCUT2D eigenvalue weighted by Crippen LogP contribution is -2.60. The first-order valence-corrected chi connectivity index (χ1v) is 19.8. The molecule has 0 radical (unpaired) electrons. The standard InChI is InChI=1S/C42H49N3O14S/c1-7-26(16-19-43-5)12-14-29-22-28(24-31(39(50)54-6)45-41(51)57-42(2,3)4)23-30(15-13-27-17-20-44-21-18-27)38(29)59-60(52,53)58-33-11-9-8-10-32(33)55-40-37(49)36(48)35(47)34(25-46)56-40/h7-23,31,34-37,40,46-49H,5,24-25H2,1-4,6H3,(H,45,51)/b14-12+,15-13+,19-16-,26-7-/t31-,34+,35-,36-,37+,40?/m0/s1. The van der Waals surface area contributed by atoms with Gasteiger partial charge in [-0.15, -0.1) is 8.42 Å². The van der Waals surface area contributed by atoms with Gasteiger partial charge in [0.05, 0.1) is 13.7 Å². The number of nitrogens with one attached hydrogen (secondary N) is 1. The maximum Gasteiger partial charge on any atom is 0.501 e. The summed E-state index contributed by atoms with van der Waals surface area (Å²) in [6.07, 6.45) is 5.28. The lowest BCUT2D eigenvalue weighted by atomic mass is 9.97. The predicted molar refractivity (Wildman–Crippen MR) is 221 cm³/mol. The molecule has 4 rings (SSSR count). The molecule has 1 aromatic heterocycles. The third kappa shape index (κ3) is 13.6. The maximum atomic E-state index is 13.9. The van der Waals surface area contributed by atoms with E-state index < -0.39 is 77.2 Å². The van der Waals surface area contributed by atoms with Crippen molar-refractivity contribution in [2.45, 2.75) is 76.5 Å². The largest absolute Gasteiger partial charge is 0.501 e. The number of allylic oxidation sites excluding steroid dienone is 4. The van der Waals surface area contributed by atoms with Crippen molar-refractivity contribution >= 4 is 47.4 Å². The van der Waals surface area contributed by atoms with Crippen molar-refractivity contribution in [1.29, 1.82) is 0 Å². The van der Waals surface area contributed by atoms with E-state index in [-0.39, 0.29) is 29.0 Å². The molecule has 1 aliphatic heterocycles. The van der Waals surface area contributed by atoms with E-state index in [2.05, 4.69) is 22.0 Å². The molecule has 0 spiro atoms. The Bertz CT molecular complexity index is 2180. The number of benzene rings is 2. The number of aromatic nitrogens is 1. The van der Waals surface area contributed by atoms with Crippen molar-refractivity contribution in [3.63, 3.8) is 0 Å². The molecule has 2 aromatic carbocycles. The van der Waals surface area contributed by atoms with E-state index >= 15 is 0 Å². The fraction of sp³-hybridized carbons (Fsp3) is 0.333. The first-order valence-electron chi connectivity index (χ1n) is 18.5. The Morgan fingerprint density at radius 3 is 2.25 bits per heavy atom. The van der Waals surface area contributed by atoms with Gasteiger partial charge in [0.25, 0.3) is 0 Å². The Labute approximate surface area is 348 Å². The number of nitrogens with zero attached hydrogens (tertiary/aromatic N) is 2. The van der Waals surface area contributed by atoms with Crippen molar-refractivity contribution in [2.75, 3.05) is 13.7 Å². The molecule has 0 saturated carbocycles. The minimum absolute atomic E-state index is 0.133. The molecule has 3 aromatic rings. The average Bonchev–Trinajstić information content (AvgIpc) is 3.20. The number of amides is 1. The van der Waals surface area contributed by atoms with E-state index in [1.54, 1.807) is 101 Å². The monoisotopic (exact) mass is 851 g/mol. The molecule has 1 amide bonds. The van der Waals surface area contributed by atoms with Crippen molar-refractivity contribution in [3.8, 4) is 17.2 Å². The second-order valence-electron chi connectivity index (χ2n) is 14.1. The van der Waals surface area contributed by atoms with Crippen LogP contribution in [0.15, 0.2) is 95.9 Å². The molecule has 6 atom stereocenters. The van der Waals surface area contributed by atoms with Crippen molar-refractivity contribution in [1.82, 2.24) is 10.3 Å². The van der Waals surface area contributed by atoms with Crippen LogP contribution in [0.25, 0.3) is 18.2 Å².